The fraction of sp³-hybridized carbons (Fsp3) is 0.300. The van der Waals surface area contributed by atoms with Gasteiger partial charge in [0.2, 0.25) is 0 Å². The molecule has 2 rings (SSSR count). The molecule has 0 atom stereocenters. The molecule has 0 spiro atoms. The molecule has 1 aromatic heterocycles. The van der Waals surface area contributed by atoms with E-state index in [1.807, 2.05) is 0 Å². The third-order valence-electron chi connectivity index (χ3n) is 2.21. The Balaban J connectivity index is 2.55. The minimum atomic E-state index is -0.262. The van der Waals surface area contributed by atoms with Gasteiger partial charge in [-0.1, -0.05) is 23.2 Å². The lowest BCUT2D eigenvalue weighted by Gasteiger charge is -1.95. The van der Waals surface area contributed by atoms with Gasteiger partial charge in [-0.2, -0.15) is 4.74 Å². The van der Waals surface area contributed by atoms with Crippen molar-refractivity contribution in [1.29, 1.82) is 0 Å². The maximum atomic E-state index is 11.8. The first-order valence-corrected chi connectivity index (χ1v) is 5.49. The minimum absolute atomic E-state index is 0.00496. The predicted octanol–water partition coefficient (Wildman–Crippen LogP) is 2.28. The number of nitrogens with zero attached hydrogens (tertiary/aromatic N) is 1. The number of aliphatic hydroxyl groups excluding tert-OH is 1. The van der Waals surface area contributed by atoms with Crippen molar-refractivity contribution in [3.8, 4) is 0 Å². The third kappa shape index (κ3) is 1.96. The van der Waals surface area contributed by atoms with Crippen molar-refractivity contribution in [2.45, 2.75) is 13.0 Å². The van der Waals surface area contributed by atoms with Crippen molar-refractivity contribution < 1.29 is 9.63 Å². The van der Waals surface area contributed by atoms with E-state index in [1.165, 1.54) is 16.9 Å². The zero-order chi connectivity index (χ0) is 11.7. The molecule has 0 fully saturated rings. The van der Waals surface area contributed by atoms with Crippen LogP contribution in [0, 0.1) is 0 Å². The van der Waals surface area contributed by atoms with Crippen LogP contribution in [-0.4, -0.2) is 16.5 Å². The second kappa shape index (κ2) is 4.49. The van der Waals surface area contributed by atoms with Gasteiger partial charge in [-0.05, 0) is 12.5 Å². The summed E-state index contributed by atoms with van der Waals surface area (Å²) in [6, 6.07) is 3.00. The standard InChI is InChI=1S/C10H9Cl2NO3/c11-7-4-6-9(5-8(7)12)16-13(10(6)15)2-1-3-14/h4-5,14H,1-3H2. The maximum absolute atomic E-state index is 11.8. The lowest BCUT2D eigenvalue weighted by molar-refractivity contribution is 0.230. The molecule has 0 saturated carbocycles. The molecule has 16 heavy (non-hydrogen) atoms. The Morgan fingerprint density at radius 3 is 2.69 bits per heavy atom. The van der Waals surface area contributed by atoms with Crippen LogP contribution in [0.2, 0.25) is 10.0 Å². The van der Waals surface area contributed by atoms with Crippen LogP contribution in [0.4, 0.5) is 0 Å². The van der Waals surface area contributed by atoms with Crippen LogP contribution < -0.4 is 5.56 Å². The fourth-order valence-electron chi connectivity index (χ4n) is 1.43. The van der Waals surface area contributed by atoms with Crippen LogP contribution >= 0.6 is 23.2 Å². The van der Waals surface area contributed by atoms with Crippen LogP contribution in [0.25, 0.3) is 11.0 Å². The Kier molecular flexibility index (Phi) is 3.23. The molecule has 4 nitrogen and oxygen atoms in total. The lowest BCUT2D eigenvalue weighted by Crippen LogP contribution is -2.14. The quantitative estimate of drug-likeness (QED) is 0.923. The molecule has 2 aromatic rings. The highest BCUT2D eigenvalue weighted by molar-refractivity contribution is 6.42. The summed E-state index contributed by atoms with van der Waals surface area (Å²) in [4.78, 5) is 11.8. The number of aryl methyl sites for hydroxylation is 1. The van der Waals surface area contributed by atoms with Gasteiger partial charge in [0.15, 0.2) is 5.58 Å². The number of halogens is 2. The van der Waals surface area contributed by atoms with E-state index in [2.05, 4.69) is 0 Å². The lowest BCUT2D eigenvalue weighted by atomic mass is 10.3. The van der Waals surface area contributed by atoms with E-state index in [9.17, 15) is 4.79 Å². The molecule has 0 aliphatic carbocycles. The first kappa shape index (κ1) is 11.5. The topological polar surface area (TPSA) is 55.4 Å². The summed E-state index contributed by atoms with van der Waals surface area (Å²) in [5, 5.41) is 9.74. The van der Waals surface area contributed by atoms with Crippen LogP contribution in [0.3, 0.4) is 0 Å². The van der Waals surface area contributed by atoms with Crippen molar-refractivity contribution >= 4 is 34.2 Å². The van der Waals surface area contributed by atoms with E-state index in [1.54, 1.807) is 0 Å². The summed E-state index contributed by atoms with van der Waals surface area (Å²) in [5.74, 6) is 0. The minimum Gasteiger partial charge on any atom is -0.396 e. The number of rotatable bonds is 3. The number of aromatic nitrogens is 1. The summed E-state index contributed by atoms with van der Waals surface area (Å²) in [6.45, 7) is 0.338. The van der Waals surface area contributed by atoms with Gasteiger partial charge in [0.25, 0.3) is 5.56 Å². The second-order valence-electron chi connectivity index (χ2n) is 3.34. The number of fused-ring (bicyclic) bond motifs is 1. The van der Waals surface area contributed by atoms with Crippen LogP contribution in [-0.2, 0) is 6.54 Å². The molecule has 0 aliphatic rings. The highest BCUT2D eigenvalue weighted by Gasteiger charge is 2.11. The van der Waals surface area contributed by atoms with Crippen molar-refractivity contribution in [1.82, 2.24) is 4.74 Å². The molecule has 6 heteroatoms. The Hall–Kier alpha value is -0.970. The molecule has 0 radical (unpaired) electrons. The summed E-state index contributed by atoms with van der Waals surface area (Å²) >= 11 is 11.6. The monoisotopic (exact) mass is 261 g/mol. The number of hydrogen-bond acceptors (Lipinski definition) is 3. The number of benzene rings is 1. The van der Waals surface area contributed by atoms with Crippen LogP contribution in [0.15, 0.2) is 21.5 Å². The van der Waals surface area contributed by atoms with E-state index in [4.69, 9.17) is 32.8 Å². The Morgan fingerprint density at radius 2 is 2.00 bits per heavy atom. The van der Waals surface area contributed by atoms with Crippen molar-refractivity contribution in [2.75, 3.05) is 6.61 Å². The van der Waals surface area contributed by atoms with E-state index < -0.39 is 0 Å². The molecule has 0 aliphatic heterocycles. The normalized spacial score (nSPS) is 11.2. The van der Waals surface area contributed by atoms with Gasteiger partial charge in [-0.3, -0.25) is 4.79 Å². The largest absolute Gasteiger partial charge is 0.396 e. The maximum Gasteiger partial charge on any atom is 0.290 e. The predicted molar refractivity (Wildman–Crippen MR) is 62.2 cm³/mol. The van der Waals surface area contributed by atoms with Gasteiger partial charge in [0.1, 0.15) is 0 Å². The highest BCUT2D eigenvalue weighted by Crippen LogP contribution is 2.26. The van der Waals surface area contributed by atoms with Crippen molar-refractivity contribution in [2.24, 2.45) is 0 Å². The molecule has 0 saturated heterocycles. The molecule has 1 heterocycles. The summed E-state index contributed by atoms with van der Waals surface area (Å²) in [5.41, 5.74) is 0.138. The molecule has 0 amide bonds. The zero-order valence-electron chi connectivity index (χ0n) is 8.24. The average Bonchev–Trinajstić information content (AvgIpc) is 2.54. The molecular formula is C10H9Cl2NO3. The second-order valence-corrected chi connectivity index (χ2v) is 4.15. The highest BCUT2D eigenvalue weighted by atomic mass is 35.5. The average molecular weight is 262 g/mol. The van der Waals surface area contributed by atoms with Crippen LogP contribution in [0.5, 0.6) is 0 Å². The zero-order valence-corrected chi connectivity index (χ0v) is 9.75. The summed E-state index contributed by atoms with van der Waals surface area (Å²) in [7, 11) is 0. The van der Waals surface area contributed by atoms with E-state index >= 15 is 0 Å². The number of hydrogen-bond donors (Lipinski definition) is 1. The summed E-state index contributed by atoms with van der Waals surface area (Å²) in [6.07, 6.45) is 0.460. The number of aliphatic hydroxyl groups is 1. The Bertz CT molecular complexity index is 573. The van der Waals surface area contributed by atoms with E-state index in [0.29, 0.717) is 34.0 Å². The molecule has 0 bridgehead atoms. The summed E-state index contributed by atoms with van der Waals surface area (Å²) < 4.78 is 6.47. The fourth-order valence-corrected chi connectivity index (χ4v) is 1.74. The first-order valence-electron chi connectivity index (χ1n) is 4.73. The van der Waals surface area contributed by atoms with E-state index in [-0.39, 0.29) is 12.2 Å². The first-order chi connectivity index (χ1) is 7.63. The van der Waals surface area contributed by atoms with Gasteiger partial charge >= 0.3 is 0 Å². The van der Waals surface area contributed by atoms with Gasteiger partial charge in [-0.15, -0.1) is 0 Å². The SMILES string of the molecule is O=c1c2cc(Cl)c(Cl)cc2on1CCCO. The third-order valence-corrected chi connectivity index (χ3v) is 2.93. The van der Waals surface area contributed by atoms with E-state index in [0.717, 1.165) is 0 Å². The molecule has 0 unspecified atom stereocenters. The Labute approximate surface area is 101 Å². The molecule has 1 aromatic carbocycles. The van der Waals surface area contributed by atoms with Crippen LogP contribution in [0.1, 0.15) is 6.42 Å². The molecular weight excluding hydrogens is 253 g/mol. The van der Waals surface area contributed by atoms with Gasteiger partial charge in [0.05, 0.1) is 22.0 Å². The Morgan fingerprint density at radius 1 is 1.31 bits per heavy atom. The van der Waals surface area contributed by atoms with Crippen molar-refractivity contribution in [3.05, 3.63) is 32.5 Å². The molecule has 1 N–H and O–H groups in total. The van der Waals surface area contributed by atoms with Gasteiger partial charge in [-0.25, -0.2) is 0 Å². The van der Waals surface area contributed by atoms with Gasteiger partial charge < -0.3 is 9.63 Å². The van der Waals surface area contributed by atoms with Gasteiger partial charge in [0, 0.05) is 12.7 Å². The van der Waals surface area contributed by atoms with Crippen molar-refractivity contribution in [3.63, 3.8) is 0 Å². The smallest absolute Gasteiger partial charge is 0.290 e. The molecule has 86 valence electrons.